The molecule has 23 heavy (non-hydrogen) atoms. The minimum Gasteiger partial charge on any atom is -0.376 e. The molecule has 0 spiro atoms. The average molecular weight is 338 g/mol. The lowest BCUT2D eigenvalue weighted by Gasteiger charge is -2.36. The van der Waals surface area contributed by atoms with Gasteiger partial charge in [-0.15, -0.1) is 0 Å². The second kappa shape index (κ2) is 7.65. The summed E-state index contributed by atoms with van der Waals surface area (Å²) in [5.74, 6) is 0.506. The molecule has 1 aromatic rings. The van der Waals surface area contributed by atoms with E-state index < -0.39 is 6.10 Å². The first-order chi connectivity index (χ1) is 11.2. The van der Waals surface area contributed by atoms with Gasteiger partial charge >= 0.3 is 0 Å². The number of carbonyl (C=O) groups excluding carboxylic acids is 1. The Morgan fingerprint density at radius 3 is 2.52 bits per heavy atom. The zero-order valence-corrected chi connectivity index (χ0v) is 14.3. The van der Waals surface area contributed by atoms with Gasteiger partial charge in [0.15, 0.2) is 6.10 Å². The Hall–Kier alpha value is -1.10. The smallest absolute Gasteiger partial charge is 0.254 e. The lowest BCUT2D eigenvalue weighted by molar-refractivity contribution is -0.159. The van der Waals surface area contributed by atoms with E-state index in [1.54, 1.807) is 0 Å². The maximum atomic E-state index is 12.8. The summed E-state index contributed by atoms with van der Waals surface area (Å²) in [6.45, 7) is 1.40. The van der Waals surface area contributed by atoms with E-state index in [-0.39, 0.29) is 11.9 Å². The molecule has 3 rings (SSSR count). The second-order valence-electron chi connectivity index (χ2n) is 6.42. The van der Waals surface area contributed by atoms with E-state index in [0.29, 0.717) is 25.7 Å². The van der Waals surface area contributed by atoms with Crippen LogP contribution in [-0.2, 0) is 14.3 Å². The third kappa shape index (κ3) is 3.87. The minimum atomic E-state index is -0.482. The standard InChI is InChI=1S/C18H24ClNO3/c1-20(18(21)16-12-22-10-11-23-16)17(13-4-2-3-5-13)14-6-8-15(19)9-7-14/h6-9,13,16-17H,2-5,10-12H2,1H3/t16-,17-/m0/s1. The van der Waals surface area contributed by atoms with E-state index >= 15 is 0 Å². The van der Waals surface area contributed by atoms with Crippen LogP contribution in [0.3, 0.4) is 0 Å². The molecule has 2 atom stereocenters. The van der Waals surface area contributed by atoms with Crippen LogP contribution in [0.15, 0.2) is 24.3 Å². The maximum absolute atomic E-state index is 12.8. The van der Waals surface area contributed by atoms with E-state index in [2.05, 4.69) is 0 Å². The summed E-state index contributed by atoms with van der Waals surface area (Å²) in [6, 6.07) is 7.95. The molecule has 1 aliphatic carbocycles. The van der Waals surface area contributed by atoms with E-state index in [4.69, 9.17) is 21.1 Å². The van der Waals surface area contributed by atoms with Crippen molar-refractivity contribution in [2.45, 2.75) is 37.8 Å². The average Bonchev–Trinajstić information content (AvgIpc) is 3.11. The summed E-state index contributed by atoms with van der Waals surface area (Å²) in [6.07, 6.45) is 4.31. The van der Waals surface area contributed by atoms with Gasteiger partial charge in [-0.1, -0.05) is 36.6 Å². The lowest BCUT2D eigenvalue weighted by Crippen LogP contribution is -2.46. The van der Waals surface area contributed by atoms with Crippen LogP contribution in [0, 0.1) is 5.92 Å². The van der Waals surface area contributed by atoms with Crippen molar-refractivity contribution in [1.82, 2.24) is 4.90 Å². The molecule has 1 aliphatic heterocycles. The monoisotopic (exact) mass is 337 g/mol. The first-order valence-corrected chi connectivity index (χ1v) is 8.76. The maximum Gasteiger partial charge on any atom is 0.254 e. The fourth-order valence-electron chi connectivity index (χ4n) is 3.74. The largest absolute Gasteiger partial charge is 0.376 e. The van der Waals surface area contributed by atoms with Gasteiger partial charge in [0.1, 0.15) is 0 Å². The molecule has 5 heteroatoms. The van der Waals surface area contributed by atoms with Crippen LogP contribution in [0.1, 0.15) is 37.3 Å². The SMILES string of the molecule is CN(C(=O)[C@@H]1COCCO1)[C@H](c1ccc(Cl)cc1)C1CCCC1. The summed E-state index contributed by atoms with van der Waals surface area (Å²) in [5.41, 5.74) is 1.15. The van der Waals surface area contributed by atoms with Crippen LogP contribution in [-0.4, -0.2) is 43.8 Å². The van der Waals surface area contributed by atoms with Gasteiger partial charge in [-0.05, 0) is 36.5 Å². The molecule has 126 valence electrons. The number of hydrogen-bond donors (Lipinski definition) is 0. The lowest BCUT2D eigenvalue weighted by atomic mass is 9.90. The third-order valence-electron chi connectivity index (χ3n) is 4.91. The molecule has 1 saturated carbocycles. The number of likely N-dealkylation sites (N-methyl/N-ethyl adjacent to an activating group) is 1. The van der Waals surface area contributed by atoms with Crippen molar-refractivity contribution in [2.75, 3.05) is 26.9 Å². The summed E-state index contributed by atoms with van der Waals surface area (Å²) >= 11 is 6.02. The number of halogens is 1. The highest BCUT2D eigenvalue weighted by Gasteiger charge is 2.35. The zero-order chi connectivity index (χ0) is 16.2. The predicted octanol–water partition coefficient (Wildman–Crippen LogP) is 3.45. The summed E-state index contributed by atoms with van der Waals surface area (Å²) < 4.78 is 11.0. The summed E-state index contributed by atoms with van der Waals surface area (Å²) in [4.78, 5) is 14.7. The molecular formula is C18H24ClNO3. The Kier molecular flexibility index (Phi) is 5.57. The van der Waals surface area contributed by atoms with Crippen molar-refractivity contribution >= 4 is 17.5 Å². The van der Waals surface area contributed by atoms with Gasteiger partial charge in [0.05, 0.1) is 25.9 Å². The molecule has 0 radical (unpaired) electrons. The number of benzene rings is 1. The van der Waals surface area contributed by atoms with Crippen molar-refractivity contribution in [3.05, 3.63) is 34.9 Å². The highest BCUT2D eigenvalue weighted by molar-refractivity contribution is 6.30. The van der Waals surface area contributed by atoms with Gasteiger partial charge in [0.25, 0.3) is 5.91 Å². The van der Waals surface area contributed by atoms with Crippen molar-refractivity contribution in [1.29, 1.82) is 0 Å². The number of nitrogens with zero attached hydrogens (tertiary/aromatic N) is 1. The molecule has 4 nitrogen and oxygen atoms in total. The van der Waals surface area contributed by atoms with Crippen molar-refractivity contribution in [3.8, 4) is 0 Å². The molecule has 2 fully saturated rings. The highest BCUT2D eigenvalue weighted by atomic mass is 35.5. The topological polar surface area (TPSA) is 38.8 Å². The Morgan fingerprint density at radius 1 is 1.22 bits per heavy atom. The number of amides is 1. The Balaban J connectivity index is 1.81. The first kappa shape index (κ1) is 16.7. The van der Waals surface area contributed by atoms with Crippen molar-refractivity contribution < 1.29 is 14.3 Å². The Labute approximate surface area is 142 Å². The first-order valence-electron chi connectivity index (χ1n) is 8.38. The number of rotatable bonds is 4. The fraction of sp³-hybridized carbons (Fsp3) is 0.611. The van der Waals surface area contributed by atoms with Gasteiger partial charge in [-0.25, -0.2) is 0 Å². The van der Waals surface area contributed by atoms with Gasteiger partial charge in [0, 0.05) is 12.1 Å². The zero-order valence-electron chi connectivity index (χ0n) is 13.5. The number of hydrogen-bond acceptors (Lipinski definition) is 3. The Bertz CT molecular complexity index is 522. The van der Waals surface area contributed by atoms with Gasteiger partial charge in [0.2, 0.25) is 0 Å². The third-order valence-corrected chi connectivity index (χ3v) is 5.17. The molecular weight excluding hydrogens is 314 g/mol. The quantitative estimate of drug-likeness (QED) is 0.844. The molecule has 0 unspecified atom stereocenters. The molecule has 1 saturated heterocycles. The van der Waals surface area contributed by atoms with E-state index in [1.807, 2.05) is 36.2 Å². The number of ether oxygens (including phenoxy) is 2. The van der Waals surface area contributed by atoms with Crippen LogP contribution in [0.5, 0.6) is 0 Å². The van der Waals surface area contributed by atoms with Gasteiger partial charge in [-0.2, -0.15) is 0 Å². The second-order valence-corrected chi connectivity index (χ2v) is 6.86. The normalized spacial score (nSPS) is 23.7. The molecule has 0 N–H and O–H groups in total. The van der Waals surface area contributed by atoms with Crippen LogP contribution in [0.25, 0.3) is 0 Å². The van der Waals surface area contributed by atoms with Crippen LogP contribution in [0.2, 0.25) is 5.02 Å². The molecule has 1 aromatic carbocycles. The van der Waals surface area contributed by atoms with Gasteiger partial charge < -0.3 is 14.4 Å². The molecule has 2 aliphatic rings. The Morgan fingerprint density at radius 2 is 1.91 bits per heavy atom. The summed E-state index contributed by atoms with van der Waals surface area (Å²) in [7, 11) is 1.89. The summed E-state index contributed by atoms with van der Waals surface area (Å²) in [5, 5.41) is 0.719. The van der Waals surface area contributed by atoms with Crippen molar-refractivity contribution in [2.24, 2.45) is 5.92 Å². The van der Waals surface area contributed by atoms with Crippen molar-refractivity contribution in [3.63, 3.8) is 0 Å². The number of carbonyl (C=O) groups is 1. The molecule has 0 aromatic heterocycles. The van der Waals surface area contributed by atoms with Crippen LogP contribution >= 0.6 is 11.6 Å². The molecule has 1 heterocycles. The van der Waals surface area contributed by atoms with Gasteiger partial charge in [-0.3, -0.25) is 4.79 Å². The van der Waals surface area contributed by atoms with Crippen LogP contribution < -0.4 is 0 Å². The minimum absolute atomic E-state index is 0.0107. The molecule has 1 amide bonds. The highest BCUT2D eigenvalue weighted by Crippen LogP contribution is 2.39. The van der Waals surface area contributed by atoms with E-state index in [0.717, 1.165) is 23.4 Å². The fourth-order valence-corrected chi connectivity index (χ4v) is 3.87. The van der Waals surface area contributed by atoms with E-state index in [1.165, 1.54) is 12.8 Å². The van der Waals surface area contributed by atoms with E-state index in [9.17, 15) is 4.79 Å². The molecule has 0 bridgehead atoms. The van der Waals surface area contributed by atoms with Crippen LogP contribution in [0.4, 0.5) is 0 Å². The predicted molar refractivity (Wildman–Crippen MR) is 89.5 cm³/mol.